The van der Waals surface area contributed by atoms with Gasteiger partial charge in [-0.3, -0.25) is 14.5 Å². The van der Waals surface area contributed by atoms with Gasteiger partial charge in [-0.15, -0.1) is 0 Å². The molecule has 1 aromatic carbocycles. The number of carbonyl (C=O) groups is 2. The van der Waals surface area contributed by atoms with Crippen molar-refractivity contribution in [2.45, 2.75) is 38.6 Å². The van der Waals surface area contributed by atoms with Crippen LogP contribution in [0, 0.1) is 0 Å². The van der Waals surface area contributed by atoms with Crippen LogP contribution in [0.5, 0.6) is 5.75 Å². The van der Waals surface area contributed by atoms with Crippen LogP contribution >= 0.6 is 0 Å². The van der Waals surface area contributed by atoms with E-state index in [2.05, 4.69) is 17.1 Å². The van der Waals surface area contributed by atoms with Crippen molar-refractivity contribution in [3.05, 3.63) is 29.8 Å². The minimum Gasteiger partial charge on any atom is -0.497 e. The normalized spacial score (nSPS) is 20.1. The number of piperazine rings is 1. The van der Waals surface area contributed by atoms with Gasteiger partial charge in [0.25, 0.3) is 5.91 Å². The van der Waals surface area contributed by atoms with Gasteiger partial charge < -0.3 is 19.9 Å². The molecule has 2 saturated heterocycles. The highest BCUT2D eigenvalue weighted by Gasteiger charge is 2.23. The number of amides is 2. The Balaban J connectivity index is 1.65. The molecule has 2 fully saturated rings. The number of carbonyl (C=O) groups excluding carboxylic acids is 2. The second-order valence-electron chi connectivity index (χ2n) is 8.29. The number of hydrogen-bond donors (Lipinski definition) is 1. The summed E-state index contributed by atoms with van der Waals surface area (Å²) in [7, 11) is 1.60. The van der Waals surface area contributed by atoms with Crippen LogP contribution in [-0.2, 0) is 4.79 Å². The van der Waals surface area contributed by atoms with E-state index in [1.54, 1.807) is 13.2 Å². The summed E-state index contributed by atoms with van der Waals surface area (Å²) in [6, 6.07) is 7.82. The van der Waals surface area contributed by atoms with E-state index >= 15 is 0 Å². The van der Waals surface area contributed by atoms with Gasteiger partial charge in [-0.05, 0) is 44.5 Å². The van der Waals surface area contributed by atoms with Gasteiger partial charge >= 0.3 is 0 Å². The zero-order chi connectivity index (χ0) is 21.3. The molecule has 1 aromatic rings. The molecular weight excluding hydrogens is 380 g/mol. The summed E-state index contributed by atoms with van der Waals surface area (Å²) in [6.45, 7) is 8.44. The summed E-state index contributed by atoms with van der Waals surface area (Å²) < 4.78 is 5.29. The van der Waals surface area contributed by atoms with E-state index in [0.29, 0.717) is 36.9 Å². The molecule has 1 N–H and O–H groups in total. The van der Waals surface area contributed by atoms with E-state index in [1.807, 2.05) is 28.0 Å². The van der Waals surface area contributed by atoms with Crippen LogP contribution in [0.15, 0.2) is 24.3 Å². The van der Waals surface area contributed by atoms with E-state index in [4.69, 9.17) is 4.74 Å². The molecule has 1 unspecified atom stereocenters. The molecule has 0 aromatic heterocycles. The van der Waals surface area contributed by atoms with Gasteiger partial charge in [-0.1, -0.05) is 12.5 Å². The van der Waals surface area contributed by atoms with Gasteiger partial charge in [0.1, 0.15) is 5.75 Å². The molecule has 2 aliphatic rings. The molecular formula is C23H36N4O3. The number of benzene rings is 1. The van der Waals surface area contributed by atoms with Crippen LogP contribution in [-0.4, -0.2) is 92.0 Å². The lowest BCUT2D eigenvalue weighted by Crippen LogP contribution is -2.48. The van der Waals surface area contributed by atoms with Crippen molar-refractivity contribution in [3.63, 3.8) is 0 Å². The summed E-state index contributed by atoms with van der Waals surface area (Å²) in [5, 5.41) is 3.27. The van der Waals surface area contributed by atoms with Crippen LogP contribution in [0.1, 0.15) is 43.0 Å². The number of likely N-dealkylation sites (tertiary alicyclic amines) is 1. The number of nitrogens with zero attached hydrogens (tertiary/aromatic N) is 3. The Labute approximate surface area is 180 Å². The smallest absolute Gasteiger partial charge is 0.254 e. The topological polar surface area (TPSA) is 65.1 Å². The highest BCUT2D eigenvalue weighted by atomic mass is 16.5. The van der Waals surface area contributed by atoms with Crippen molar-refractivity contribution in [2.75, 3.05) is 59.5 Å². The van der Waals surface area contributed by atoms with E-state index in [1.165, 1.54) is 19.3 Å². The summed E-state index contributed by atoms with van der Waals surface area (Å²) in [4.78, 5) is 32.1. The summed E-state index contributed by atoms with van der Waals surface area (Å²) in [5.74, 6) is 0.764. The lowest BCUT2D eigenvalue weighted by Gasteiger charge is -2.35. The third kappa shape index (κ3) is 6.19. The second-order valence-corrected chi connectivity index (χ2v) is 8.29. The van der Waals surface area contributed by atoms with Crippen LogP contribution in [0.25, 0.3) is 0 Å². The van der Waals surface area contributed by atoms with Gasteiger partial charge in [0.15, 0.2) is 0 Å². The van der Waals surface area contributed by atoms with Crippen LogP contribution in [0.2, 0.25) is 0 Å². The van der Waals surface area contributed by atoms with Crippen molar-refractivity contribution in [1.29, 1.82) is 0 Å². The SMILES string of the molecule is COc1cccc(C(=O)N(CCC(=O)N2CCNCC2)CCN2CCCCC2C)c1. The summed E-state index contributed by atoms with van der Waals surface area (Å²) in [6.07, 6.45) is 4.08. The molecule has 2 aliphatic heterocycles. The number of piperidine rings is 1. The van der Waals surface area contributed by atoms with Gasteiger partial charge in [-0.25, -0.2) is 0 Å². The lowest BCUT2D eigenvalue weighted by atomic mass is 10.0. The quantitative estimate of drug-likeness (QED) is 0.701. The minimum absolute atomic E-state index is 0.0355. The van der Waals surface area contributed by atoms with E-state index in [-0.39, 0.29) is 11.8 Å². The maximum Gasteiger partial charge on any atom is 0.254 e. The molecule has 1 atom stereocenters. The Morgan fingerprint density at radius 2 is 1.97 bits per heavy atom. The fraction of sp³-hybridized carbons (Fsp3) is 0.652. The first-order chi connectivity index (χ1) is 14.6. The Morgan fingerprint density at radius 1 is 1.17 bits per heavy atom. The monoisotopic (exact) mass is 416 g/mol. The Kier molecular flexibility index (Phi) is 8.51. The van der Waals surface area contributed by atoms with E-state index < -0.39 is 0 Å². The fourth-order valence-corrected chi connectivity index (χ4v) is 4.30. The van der Waals surface area contributed by atoms with Crippen LogP contribution in [0.3, 0.4) is 0 Å². The molecule has 166 valence electrons. The van der Waals surface area contributed by atoms with Crippen LogP contribution in [0.4, 0.5) is 0 Å². The van der Waals surface area contributed by atoms with Gasteiger partial charge in [0, 0.05) is 63.8 Å². The highest BCUT2D eigenvalue weighted by Crippen LogP contribution is 2.18. The first-order valence-electron chi connectivity index (χ1n) is 11.2. The minimum atomic E-state index is -0.0355. The van der Waals surface area contributed by atoms with Crippen molar-refractivity contribution >= 4 is 11.8 Å². The molecule has 0 aliphatic carbocycles. The first-order valence-corrected chi connectivity index (χ1v) is 11.2. The highest BCUT2D eigenvalue weighted by molar-refractivity contribution is 5.95. The maximum atomic E-state index is 13.3. The molecule has 30 heavy (non-hydrogen) atoms. The van der Waals surface area contributed by atoms with Gasteiger partial charge in [-0.2, -0.15) is 0 Å². The van der Waals surface area contributed by atoms with Crippen molar-refractivity contribution in [3.8, 4) is 5.75 Å². The third-order valence-electron chi connectivity index (χ3n) is 6.27. The van der Waals surface area contributed by atoms with Crippen molar-refractivity contribution < 1.29 is 14.3 Å². The first kappa shape index (κ1) is 22.6. The lowest BCUT2D eigenvalue weighted by molar-refractivity contribution is -0.131. The van der Waals surface area contributed by atoms with E-state index in [0.717, 1.165) is 39.3 Å². The maximum absolute atomic E-state index is 13.3. The molecule has 7 heteroatoms. The van der Waals surface area contributed by atoms with Gasteiger partial charge in [0.2, 0.25) is 5.91 Å². The third-order valence-corrected chi connectivity index (χ3v) is 6.27. The molecule has 3 rings (SSSR count). The predicted octanol–water partition coefficient (Wildman–Crippen LogP) is 1.83. The zero-order valence-corrected chi connectivity index (χ0v) is 18.4. The molecule has 0 spiro atoms. The van der Waals surface area contributed by atoms with Crippen LogP contribution < -0.4 is 10.1 Å². The molecule has 2 amide bonds. The molecule has 0 radical (unpaired) electrons. The zero-order valence-electron chi connectivity index (χ0n) is 18.4. The summed E-state index contributed by atoms with van der Waals surface area (Å²) in [5.41, 5.74) is 0.607. The molecule has 2 heterocycles. The van der Waals surface area contributed by atoms with Crippen molar-refractivity contribution in [2.24, 2.45) is 0 Å². The predicted molar refractivity (Wildman–Crippen MR) is 118 cm³/mol. The Bertz CT molecular complexity index is 705. The Hall–Kier alpha value is -2.12. The largest absolute Gasteiger partial charge is 0.497 e. The molecule has 0 saturated carbocycles. The number of rotatable bonds is 8. The second kappa shape index (κ2) is 11.3. The Morgan fingerprint density at radius 3 is 2.70 bits per heavy atom. The number of nitrogens with one attached hydrogen (secondary N) is 1. The number of hydrogen-bond acceptors (Lipinski definition) is 5. The number of methoxy groups -OCH3 is 1. The van der Waals surface area contributed by atoms with Crippen molar-refractivity contribution in [1.82, 2.24) is 20.0 Å². The number of ether oxygens (including phenoxy) is 1. The average Bonchev–Trinajstić information content (AvgIpc) is 2.80. The van der Waals surface area contributed by atoms with E-state index in [9.17, 15) is 9.59 Å². The standard InChI is InChI=1S/C23H36N4O3/c1-19-6-3-4-12-25(19)16-17-27(13-9-22(28)26-14-10-24-11-15-26)23(29)20-7-5-8-21(18-20)30-2/h5,7-8,18-19,24H,3-4,6,9-17H2,1-2H3. The molecule has 7 nitrogen and oxygen atoms in total. The molecule has 0 bridgehead atoms. The average molecular weight is 417 g/mol. The summed E-state index contributed by atoms with van der Waals surface area (Å²) >= 11 is 0. The fourth-order valence-electron chi connectivity index (χ4n) is 4.30. The van der Waals surface area contributed by atoms with Gasteiger partial charge in [0.05, 0.1) is 7.11 Å².